The lowest BCUT2D eigenvalue weighted by Gasteiger charge is -1.79. The van der Waals surface area contributed by atoms with Gasteiger partial charge in [0.25, 0.3) is 0 Å². The standard InChI is InChI=1S/C6H8OS.C2H6/c1-4-3-6(8)5(2)7-4;1-2/h3,8H,1-2H3;1-2H3. The largest absolute Gasteiger partial charge is 0.465 e. The molecule has 0 aliphatic heterocycles. The molecule has 0 N–H and O–H groups in total. The van der Waals surface area contributed by atoms with Gasteiger partial charge in [0.15, 0.2) is 0 Å². The van der Waals surface area contributed by atoms with Crippen molar-refractivity contribution in [3.05, 3.63) is 17.6 Å². The van der Waals surface area contributed by atoms with Gasteiger partial charge in [-0.2, -0.15) is 0 Å². The fourth-order valence-electron chi connectivity index (χ4n) is 0.617. The average molecular weight is 158 g/mol. The van der Waals surface area contributed by atoms with E-state index in [-0.39, 0.29) is 0 Å². The Bertz CT molecular complexity index is 172. The molecular weight excluding hydrogens is 144 g/mol. The molecule has 0 aliphatic rings. The predicted octanol–water partition coefficient (Wildman–Crippen LogP) is 3.21. The van der Waals surface area contributed by atoms with Crippen LogP contribution in [0.25, 0.3) is 0 Å². The van der Waals surface area contributed by atoms with Crippen molar-refractivity contribution < 1.29 is 4.42 Å². The van der Waals surface area contributed by atoms with E-state index in [1.807, 2.05) is 33.8 Å². The predicted molar refractivity (Wildman–Crippen MR) is 46.8 cm³/mol. The van der Waals surface area contributed by atoms with Crippen LogP contribution in [0.15, 0.2) is 15.4 Å². The first-order valence-electron chi connectivity index (χ1n) is 3.46. The van der Waals surface area contributed by atoms with Crippen molar-refractivity contribution in [1.29, 1.82) is 0 Å². The third-order valence-corrected chi connectivity index (χ3v) is 1.46. The highest BCUT2D eigenvalue weighted by atomic mass is 32.1. The Morgan fingerprint density at radius 2 is 1.80 bits per heavy atom. The molecule has 0 bridgehead atoms. The molecule has 0 atom stereocenters. The first kappa shape index (κ1) is 9.63. The molecule has 0 fully saturated rings. The lowest BCUT2D eigenvalue weighted by molar-refractivity contribution is 0.499. The molecule has 1 heterocycles. The molecule has 0 aliphatic carbocycles. The minimum Gasteiger partial charge on any atom is -0.465 e. The fourth-order valence-corrected chi connectivity index (χ4v) is 0.845. The third-order valence-electron chi connectivity index (χ3n) is 1.01. The molecule has 0 saturated heterocycles. The van der Waals surface area contributed by atoms with Gasteiger partial charge in [-0.3, -0.25) is 0 Å². The molecular formula is C8H14OS. The first-order valence-corrected chi connectivity index (χ1v) is 3.91. The van der Waals surface area contributed by atoms with Crippen LogP contribution in [-0.4, -0.2) is 0 Å². The van der Waals surface area contributed by atoms with E-state index in [0.717, 1.165) is 16.4 Å². The maximum Gasteiger partial charge on any atom is 0.114 e. The number of furan rings is 1. The van der Waals surface area contributed by atoms with Crippen LogP contribution in [0, 0.1) is 13.8 Å². The monoisotopic (exact) mass is 158 g/mol. The lowest BCUT2D eigenvalue weighted by Crippen LogP contribution is -1.58. The van der Waals surface area contributed by atoms with Gasteiger partial charge in [0.05, 0.1) is 0 Å². The van der Waals surface area contributed by atoms with Gasteiger partial charge in [-0.05, 0) is 19.9 Å². The quantitative estimate of drug-likeness (QED) is 0.572. The van der Waals surface area contributed by atoms with Gasteiger partial charge in [-0.1, -0.05) is 13.8 Å². The summed E-state index contributed by atoms with van der Waals surface area (Å²) >= 11 is 4.12. The smallest absolute Gasteiger partial charge is 0.114 e. The molecule has 1 aromatic heterocycles. The molecule has 2 heteroatoms. The number of hydrogen-bond acceptors (Lipinski definition) is 2. The van der Waals surface area contributed by atoms with Crippen LogP contribution >= 0.6 is 12.6 Å². The van der Waals surface area contributed by atoms with Gasteiger partial charge in [-0.25, -0.2) is 0 Å². The summed E-state index contributed by atoms with van der Waals surface area (Å²) in [5.74, 6) is 1.82. The summed E-state index contributed by atoms with van der Waals surface area (Å²) in [6, 6.07) is 1.90. The zero-order chi connectivity index (χ0) is 8.15. The molecule has 10 heavy (non-hydrogen) atoms. The van der Waals surface area contributed by atoms with Gasteiger partial charge < -0.3 is 4.42 Å². The molecule has 1 aromatic rings. The van der Waals surface area contributed by atoms with E-state index in [1.54, 1.807) is 0 Å². The molecule has 1 nitrogen and oxygen atoms in total. The van der Waals surface area contributed by atoms with Crippen molar-refractivity contribution in [1.82, 2.24) is 0 Å². The Labute approximate surface area is 67.8 Å². The normalized spacial score (nSPS) is 8.50. The molecule has 0 saturated carbocycles. The molecule has 0 aromatic carbocycles. The van der Waals surface area contributed by atoms with Crippen LogP contribution in [0.4, 0.5) is 0 Å². The molecule has 0 amide bonds. The van der Waals surface area contributed by atoms with E-state index in [9.17, 15) is 0 Å². The molecule has 0 unspecified atom stereocenters. The van der Waals surface area contributed by atoms with E-state index in [1.165, 1.54) is 0 Å². The summed E-state index contributed by atoms with van der Waals surface area (Å²) in [4.78, 5) is 0.933. The van der Waals surface area contributed by atoms with Crippen molar-refractivity contribution in [2.75, 3.05) is 0 Å². The van der Waals surface area contributed by atoms with Crippen LogP contribution in [0.2, 0.25) is 0 Å². The van der Waals surface area contributed by atoms with Crippen LogP contribution in [0.5, 0.6) is 0 Å². The van der Waals surface area contributed by atoms with Crippen molar-refractivity contribution in [2.24, 2.45) is 0 Å². The van der Waals surface area contributed by atoms with Gasteiger partial charge in [0.1, 0.15) is 11.5 Å². The summed E-state index contributed by atoms with van der Waals surface area (Å²) in [6.07, 6.45) is 0. The highest BCUT2D eigenvalue weighted by molar-refractivity contribution is 7.80. The zero-order valence-corrected chi connectivity index (χ0v) is 7.83. The SMILES string of the molecule is CC.Cc1cc(S)c(C)o1. The summed E-state index contributed by atoms with van der Waals surface area (Å²) in [5.41, 5.74) is 0. The Morgan fingerprint density at radius 3 is 1.90 bits per heavy atom. The fraction of sp³-hybridized carbons (Fsp3) is 0.500. The van der Waals surface area contributed by atoms with Crippen LogP contribution in [-0.2, 0) is 0 Å². The number of hydrogen-bond donors (Lipinski definition) is 1. The van der Waals surface area contributed by atoms with Crippen molar-refractivity contribution in [2.45, 2.75) is 32.6 Å². The number of rotatable bonds is 0. The zero-order valence-electron chi connectivity index (χ0n) is 6.93. The van der Waals surface area contributed by atoms with Crippen LogP contribution < -0.4 is 0 Å². The maximum atomic E-state index is 5.14. The highest BCUT2D eigenvalue weighted by Crippen LogP contribution is 2.16. The molecule has 0 spiro atoms. The second kappa shape index (κ2) is 4.45. The van der Waals surface area contributed by atoms with Crippen molar-refractivity contribution in [3.8, 4) is 0 Å². The second-order valence-corrected chi connectivity index (χ2v) is 2.28. The topological polar surface area (TPSA) is 13.1 Å². The first-order chi connectivity index (χ1) is 4.70. The van der Waals surface area contributed by atoms with E-state index < -0.39 is 0 Å². The van der Waals surface area contributed by atoms with E-state index in [2.05, 4.69) is 12.6 Å². The summed E-state index contributed by atoms with van der Waals surface area (Å²) in [6.45, 7) is 7.81. The minimum atomic E-state index is 0.894. The van der Waals surface area contributed by atoms with Crippen molar-refractivity contribution in [3.63, 3.8) is 0 Å². The lowest BCUT2D eigenvalue weighted by atomic mass is 10.4. The second-order valence-electron chi connectivity index (χ2n) is 1.80. The number of aryl methyl sites for hydroxylation is 2. The Hall–Kier alpha value is -0.370. The van der Waals surface area contributed by atoms with Gasteiger partial charge in [-0.15, -0.1) is 12.6 Å². The Balaban J connectivity index is 0.000000371. The van der Waals surface area contributed by atoms with E-state index in [4.69, 9.17) is 4.42 Å². The molecule has 58 valence electrons. The number of thiol groups is 1. The molecule has 1 rings (SSSR count). The van der Waals surface area contributed by atoms with Crippen LogP contribution in [0.3, 0.4) is 0 Å². The van der Waals surface area contributed by atoms with Crippen LogP contribution in [0.1, 0.15) is 25.4 Å². The average Bonchev–Trinajstić information content (AvgIpc) is 2.16. The highest BCUT2D eigenvalue weighted by Gasteiger charge is 1.96. The molecule has 0 radical (unpaired) electrons. The minimum absolute atomic E-state index is 0.894. The Morgan fingerprint density at radius 1 is 1.30 bits per heavy atom. The summed E-state index contributed by atoms with van der Waals surface area (Å²) in [5, 5.41) is 0. The maximum absolute atomic E-state index is 5.14. The summed E-state index contributed by atoms with van der Waals surface area (Å²) < 4.78 is 5.14. The van der Waals surface area contributed by atoms with Gasteiger partial charge in [0.2, 0.25) is 0 Å². The third kappa shape index (κ3) is 2.48. The van der Waals surface area contributed by atoms with Gasteiger partial charge >= 0.3 is 0 Å². The van der Waals surface area contributed by atoms with Gasteiger partial charge in [0, 0.05) is 4.90 Å². The van der Waals surface area contributed by atoms with E-state index >= 15 is 0 Å². The Kier molecular flexibility index (Phi) is 4.28. The van der Waals surface area contributed by atoms with E-state index in [0.29, 0.717) is 0 Å². The van der Waals surface area contributed by atoms with Crippen molar-refractivity contribution >= 4 is 12.6 Å². The summed E-state index contributed by atoms with van der Waals surface area (Å²) in [7, 11) is 0.